The summed E-state index contributed by atoms with van der Waals surface area (Å²) in [6.07, 6.45) is 1.56. The molecule has 134 valence electrons. The first-order valence-corrected chi connectivity index (χ1v) is 7.87. The molecule has 3 heterocycles. The standard InChI is InChI=1S/C14H19N7O4/c1-9-15-11(8-25-9)7-20-2-3-21(6-10(5-20)14(23)24)13(22)4-12-16-18-19-17-12/h8,10H,2-7H2,1H3,(H,23,24)(H,16,17,18,19)/t10-/m0/s1. The number of amides is 1. The molecule has 2 aromatic heterocycles. The molecular formula is C14H19N7O4. The Labute approximate surface area is 143 Å². The SMILES string of the molecule is Cc1nc(CN2CCN(C(=O)Cc3nn[nH]n3)C[C@@H](C(=O)O)C2)co1. The number of carboxylic acid groups (broad SMARTS) is 1. The number of rotatable bonds is 5. The smallest absolute Gasteiger partial charge is 0.309 e. The molecule has 1 saturated heterocycles. The Balaban J connectivity index is 1.66. The van der Waals surface area contributed by atoms with E-state index in [0.29, 0.717) is 32.1 Å². The minimum absolute atomic E-state index is 0.00861. The van der Waals surface area contributed by atoms with Crippen molar-refractivity contribution < 1.29 is 19.1 Å². The van der Waals surface area contributed by atoms with Crippen molar-refractivity contribution >= 4 is 11.9 Å². The van der Waals surface area contributed by atoms with Gasteiger partial charge in [0.2, 0.25) is 5.91 Å². The van der Waals surface area contributed by atoms with Gasteiger partial charge >= 0.3 is 5.97 Å². The number of aryl methyl sites for hydroxylation is 1. The van der Waals surface area contributed by atoms with Crippen molar-refractivity contribution in [3.63, 3.8) is 0 Å². The topological polar surface area (TPSA) is 141 Å². The maximum absolute atomic E-state index is 12.4. The number of hydrogen-bond donors (Lipinski definition) is 2. The largest absolute Gasteiger partial charge is 0.481 e. The van der Waals surface area contributed by atoms with E-state index in [0.717, 1.165) is 5.69 Å². The van der Waals surface area contributed by atoms with Crippen LogP contribution in [0.2, 0.25) is 0 Å². The second-order valence-electron chi connectivity index (χ2n) is 5.97. The third kappa shape index (κ3) is 4.38. The molecule has 11 nitrogen and oxygen atoms in total. The van der Waals surface area contributed by atoms with Crippen LogP contribution in [0.1, 0.15) is 17.4 Å². The van der Waals surface area contributed by atoms with Crippen molar-refractivity contribution in [3.05, 3.63) is 23.7 Å². The van der Waals surface area contributed by atoms with Crippen LogP contribution >= 0.6 is 0 Å². The molecule has 0 aliphatic carbocycles. The first-order valence-electron chi connectivity index (χ1n) is 7.87. The van der Waals surface area contributed by atoms with E-state index in [1.807, 2.05) is 4.90 Å². The van der Waals surface area contributed by atoms with Crippen molar-refractivity contribution in [2.45, 2.75) is 19.9 Å². The molecule has 3 rings (SSSR count). The van der Waals surface area contributed by atoms with Crippen molar-refractivity contribution in [3.8, 4) is 0 Å². The Kier molecular flexibility index (Phi) is 5.03. The summed E-state index contributed by atoms with van der Waals surface area (Å²) in [5.74, 6) is -0.968. The molecule has 11 heteroatoms. The number of H-pyrrole nitrogens is 1. The molecule has 1 aliphatic rings. The average molecular weight is 349 g/mol. The van der Waals surface area contributed by atoms with Crippen LogP contribution in [0.4, 0.5) is 0 Å². The van der Waals surface area contributed by atoms with E-state index >= 15 is 0 Å². The molecular weight excluding hydrogens is 330 g/mol. The summed E-state index contributed by atoms with van der Waals surface area (Å²) in [5.41, 5.74) is 0.744. The molecule has 1 aliphatic heterocycles. The van der Waals surface area contributed by atoms with Crippen molar-refractivity contribution in [1.82, 2.24) is 35.4 Å². The Morgan fingerprint density at radius 1 is 1.40 bits per heavy atom. The lowest BCUT2D eigenvalue weighted by molar-refractivity contribution is -0.143. The molecule has 25 heavy (non-hydrogen) atoms. The van der Waals surface area contributed by atoms with Crippen LogP contribution in [-0.2, 0) is 22.6 Å². The quantitative estimate of drug-likeness (QED) is 0.701. The molecule has 0 radical (unpaired) electrons. The summed E-state index contributed by atoms with van der Waals surface area (Å²) in [6.45, 7) is 3.71. The van der Waals surface area contributed by atoms with Gasteiger partial charge in [-0.05, 0) is 0 Å². The van der Waals surface area contributed by atoms with E-state index < -0.39 is 11.9 Å². The average Bonchev–Trinajstić information content (AvgIpc) is 3.15. The van der Waals surface area contributed by atoms with E-state index in [1.165, 1.54) is 0 Å². The predicted molar refractivity (Wildman–Crippen MR) is 82.1 cm³/mol. The molecule has 0 saturated carbocycles. The molecule has 2 aromatic rings. The fourth-order valence-electron chi connectivity index (χ4n) is 2.82. The van der Waals surface area contributed by atoms with Gasteiger partial charge in [-0.1, -0.05) is 5.21 Å². The van der Waals surface area contributed by atoms with Gasteiger partial charge in [0.15, 0.2) is 11.7 Å². The van der Waals surface area contributed by atoms with Gasteiger partial charge in [0.05, 0.1) is 18.0 Å². The number of tetrazole rings is 1. The van der Waals surface area contributed by atoms with E-state index in [1.54, 1.807) is 18.1 Å². The lowest BCUT2D eigenvalue weighted by Crippen LogP contribution is -2.39. The van der Waals surface area contributed by atoms with Gasteiger partial charge in [0.25, 0.3) is 0 Å². The number of carbonyl (C=O) groups excluding carboxylic acids is 1. The minimum atomic E-state index is -0.930. The molecule has 2 N–H and O–H groups in total. The highest BCUT2D eigenvalue weighted by Gasteiger charge is 2.30. The maximum atomic E-state index is 12.4. The van der Waals surface area contributed by atoms with Gasteiger partial charge in [-0.3, -0.25) is 14.5 Å². The lowest BCUT2D eigenvalue weighted by atomic mass is 10.1. The molecule has 0 spiro atoms. The molecule has 0 bridgehead atoms. The zero-order valence-corrected chi connectivity index (χ0v) is 13.8. The Morgan fingerprint density at radius 3 is 2.88 bits per heavy atom. The first kappa shape index (κ1) is 17.0. The van der Waals surface area contributed by atoms with E-state index in [-0.39, 0.29) is 24.7 Å². The third-order valence-corrected chi connectivity index (χ3v) is 4.06. The summed E-state index contributed by atoms with van der Waals surface area (Å²) in [4.78, 5) is 31.7. The van der Waals surface area contributed by atoms with Gasteiger partial charge in [-0.2, -0.15) is 5.21 Å². The molecule has 0 aromatic carbocycles. The summed E-state index contributed by atoms with van der Waals surface area (Å²) < 4.78 is 5.19. The lowest BCUT2D eigenvalue weighted by Gasteiger charge is -2.21. The first-order chi connectivity index (χ1) is 12.0. The fourth-order valence-corrected chi connectivity index (χ4v) is 2.82. The number of carboxylic acids is 1. The highest BCUT2D eigenvalue weighted by atomic mass is 16.4. The molecule has 1 atom stereocenters. The zero-order valence-electron chi connectivity index (χ0n) is 13.8. The number of aliphatic carboxylic acids is 1. The van der Waals surface area contributed by atoms with Gasteiger partial charge in [0.1, 0.15) is 6.26 Å². The van der Waals surface area contributed by atoms with Crippen LogP contribution in [0.5, 0.6) is 0 Å². The number of nitrogens with one attached hydrogen (secondary N) is 1. The van der Waals surface area contributed by atoms with Crippen molar-refractivity contribution in [2.24, 2.45) is 5.92 Å². The van der Waals surface area contributed by atoms with Gasteiger partial charge < -0.3 is 14.4 Å². The fraction of sp³-hybridized carbons (Fsp3) is 0.571. The summed E-state index contributed by atoms with van der Waals surface area (Å²) >= 11 is 0. The Hall–Kier alpha value is -2.82. The van der Waals surface area contributed by atoms with Crippen molar-refractivity contribution in [2.75, 3.05) is 26.2 Å². The van der Waals surface area contributed by atoms with E-state index in [2.05, 4.69) is 25.6 Å². The maximum Gasteiger partial charge on any atom is 0.309 e. The van der Waals surface area contributed by atoms with Gasteiger partial charge in [0, 0.05) is 39.6 Å². The highest BCUT2D eigenvalue weighted by Crippen LogP contribution is 2.14. The number of hydrogen-bond acceptors (Lipinski definition) is 8. The second-order valence-corrected chi connectivity index (χ2v) is 5.97. The number of aromatic amines is 1. The van der Waals surface area contributed by atoms with Crippen LogP contribution in [0.3, 0.4) is 0 Å². The van der Waals surface area contributed by atoms with Crippen molar-refractivity contribution in [1.29, 1.82) is 0 Å². The molecule has 0 unspecified atom stereocenters. The molecule has 1 amide bonds. The summed E-state index contributed by atoms with van der Waals surface area (Å²) in [7, 11) is 0. The van der Waals surface area contributed by atoms with Gasteiger partial charge in [-0.25, -0.2) is 4.98 Å². The second kappa shape index (κ2) is 7.38. The number of aromatic nitrogens is 5. The van der Waals surface area contributed by atoms with Crippen LogP contribution in [-0.4, -0.2) is 78.6 Å². The molecule has 1 fully saturated rings. The van der Waals surface area contributed by atoms with Crippen LogP contribution in [0, 0.1) is 12.8 Å². The van der Waals surface area contributed by atoms with E-state index in [9.17, 15) is 14.7 Å². The van der Waals surface area contributed by atoms with E-state index in [4.69, 9.17) is 4.42 Å². The number of carbonyl (C=O) groups is 2. The Bertz CT molecular complexity index is 729. The normalized spacial score (nSPS) is 18.9. The van der Waals surface area contributed by atoms with Gasteiger partial charge in [-0.15, -0.1) is 10.2 Å². The van der Waals surface area contributed by atoms with Crippen LogP contribution in [0.15, 0.2) is 10.7 Å². The van der Waals surface area contributed by atoms with Crippen LogP contribution in [0.25, 0.3) is 0 Å². The zero-order chi connectivity index (χ0) is 17.8. The number of nitrogens with zero attached hydrogens (tertiary/aromatic N) is 6. The highest BCUT2D eigenvalue weighted by molar-refractivity contribution is 5.79. The summed E-state index contributed by atoms with van der Waals surface area (Å²) in [5, 5.41) is 22.7. The number of oxazole rings is 1. The Morgan fingerprint density at radius 2 is 2.24 bits per heavy atom. The summed E-state index contributed by atoms with van der Waals surface area (Å²) in [6, 6.07) is 0. The van der Waals surface area contributed by atoms with Crippen LogP contribution < -0.4 is 0 Å². The predicted octanol–water partition coefficient (Wildman–Crippen LogP) is -0.916. The minimum Gasteiger partial charge on any atom is -0.481 e. The monoisotopic (exact) mass is 349 g/mol. The third-order valence-electron chi connectivity index (χ3n) is 4.06.